The highest BCUT2D eigenvalue weighted by Crippen LogP contribution is 2.32. The second kappa shape index (κ2) is 9.45. The van der Waals surface area contributed by atoms with E-state index in [2.05, 4.69) is 15.3 Å². The van der Waals surface area contributed by atoms with Gasteiger partial charge in [0.2, 0.25) is 0 Å². The molecule has 3 aromatic carbocycles. The summed E-state index contributed by atoms with van der Waals surface area (Å²) in [4.78, 5) is 19.9. The average molecular weight is 454 g/mol. The van der Waals surface area contributed by atoms with Crippen molar-refractivity contribution in [2.75, 3.05) is 13.2 Å². The van der Waals surface area contributed by atoms with Gasteiger partial charge in [-0.05, 0) is 60.4 Å². The van der Waals surface area contributed by atoms with Crippen LogP contribution in [0.25, 0.3) is 32.9 Å². The standard InChI is InChI=1S/C28H27N3O3/c1-2-34-27-11-10-18(21-7-5-9-26-23(21)12-13-29-26)15-24(27)28(33)31-20(17-32)14-19-16-30-25-8-4-3-6-22(19)25/h3-13,15-16,20,29-30,32H,2,14,17H2,1H3,(H,31,33)/t20-/m1/s1. The molecule has 4 N–H and O–H groups in total. The Hall–Kier alpha value is -4.03. The number of rotatable bonds is 8. The predicted octanol–water partition coefficient (Wildman–Crippen LogP) is 5.05. The van der Waals surface area contributed by atoms with Gasteiger partial charge in [-0.2, -0.15) is 0 Å². The van der Waals surface area contributed by atoms with Crippen LogP contribution in [0, 0.1) is 0 Å². The highest BCUT2D eigenvalue weighted by Gasteiger charge is 2.20. The number of H-pyrrole nitrogens is 2. The number of aliphatic hydroxyl groups excluding tert-OH is 1. The van der Waals surface area contributed by atoms with Gasteiger partial charge in [0.25, 0.3) is 5.91 Å². The van der Waals surface area contributed by atoms with Gasteiger partial charge in [0.15, 0.2) is 0 Å². The lowest BCUT2D eigenvalue weighted by molar-refractivity contribution is 0.0913. The summed E-state index contributed by atoms with van der Waals surface area (Å²) in [6.45, 7) is 2.17. The Bertz CT molecular complexity index is 1450. The summed E-state index contributed by atoms with van der Waals surface area (Å²) in [7, 11) is 0. The van der Waals surface area contributed by atoms with Crippen molar-refractivity contribution in [3.8, 4) is 16.9 Å². The van der Waals surface area contributed by atoms with Crippen molar-refractivity contribution in [1.29, 1.82) is 0 Å². The van der Waals surface area contributed by atoms with E-state index in [-0.39, 0.29) is 12.5 Å². The number of benzene rings is 3. The molecule has 1 atom stereocenters. The van der Waals surface area contributed by atoms with Crippen LogP contribution in [0.3, 0.4) is 0 Å². The minimum Gasteiger partial charge on any atom is -0.493 e. The number of carbonyl (C=O) groups is 1. The maximum atomic E-state index is 13.4. The van der Waals surface area contributed by atoms with E-state index in [9.17, 15) is 9.90 Å². The normalized spacial score (nSPS) is 12.2. The van der Waals surface area contributed by atoms with Gasteiger partial charge in [0, 0.05) is 34.2 Å². The molecular weight excluding hydrogens is 426 g/mol. The molecule has 0 bridgehead atoms. The molecule has 6 nitrogen and oxygen atoms in total. The van der Waals surface area contributed by atoms with Crippen molar-refractivity contribution >= 4 is 27.7 Å². The van der Waals surface area contributed by atoms with Crippen LogP contribution in [0.15, 0.2) is 79.1 Å². The quantitative estimate of drug-likeness (QED) is 0.265. The number of aromatic amines is 2. The van der Waals surface area contributed by atoms with Gasteiger partial charge >= 0.3 is 0 Å². The first kappa shape index (κ1) is 21.8. The van der Waals surface area contributed by atoms with Gasteiger partial charge in [0.1, 0.15) is 5.75 Å². The molecule has 0 aliphatic heterocycles. The molecule has 0 saturated carbocycles. The zero-order valence-corrected chi connectivity index (χ0v) is 19.0. The number of hydrogen-bond donors (Lipinski definition) is 4. The molecule has 6 heteroatoms. The van der Waals surface area contributed by atoms with Crippen LogP contribution in [0.1, 0.15) is 22.8 Å². The highest BCUT2D eigenvalue weighted by atomic mass is 16.5. The monoisotopic (exact) mass is 453 g/mol. The Morgan fingerprint density at radius 2 is 1.82 bits per heavy atom. The van der Waals surface area contributed by atoms with E-state index < -0.39 is 6.04 Å². The zero-order chi connectivity index (χ0) is 23.5. The zero-order valence-electron chi connectivity index (χ0n) is 19.0. The number of aliphatic hydroxyl groups is 1. The van der Waals surface area contributed by atoms with Crippen LogP contribution in [0.5, 0.6) is 5.75 Å². The van der Waals surface area contributed by atoms with Crippen molar-refractivity contribution in [1.82, 2.24) is 15.3 Å². The van der Waals surface area contributed by atoms with E-state index in [1.54, 1.807) is 0 Å². The molecule has 0 aliphatic rings. The maximum absolute atomic E-state index is 13.4. The molecule has 172 valence electrons. The number of aromatic nitrogens is 2. The fraction of sp³-hybridized carbons (Fsp3) is 0.179. The van der Waals surface area contributed by atoms with Crippen molar-refractivity contribution in [3.63, 3.8) is 0 Å². The maximum Gasteiger partial charge on any atom is 0.255 e. The SMILES string of the molecule is CCOc1ccc(-c2cccc3[nH]ccc23)cc1C(=O)N[C@@H](CO)Cc1c[nH]c2ccccc12. The van der Waals surface area contributed by atoms with E-state index in [1.165, 1.54) is 0 Å². The molecular formula is C28H27N3O3. The number of fused-ring (bicyclic) bond motifs is 2. The minimum atomic E-state index is -0.432. The molecule has 0 spiro atoms. The Balaban J connectivity index is 1.44. The molecule has 2 aromatic heterocycles. The molecule has 0 radical (unpaired) electrons. The van der Waals surface area contributed by atoms with Gasteiger partial charge in [0.05, 0.1) is 24.8 Å². The van der Waals surface area contributed by atoms with Crippen molar-refractivity contribution in [3.05, 3.63) is 90.3 Å². The molecule has 5 aromatic rings. The molecule has 0 aliphatic carbocycles. The third-order valence-corrected chi connectivity index (χ3v) is 6.13. The Morgan fingerprint density at radius 3 is 2.68 bits per heavy atom. The van der Waals surface area contributed by atoms with Gasteiger partial charge < -0.3 is 25.1 Å². The summed E-state index contributed by atoms with van der Waals surface area (Å²) in [5.74, 6) is 0.249. The minimum absolute atomic E-state index is 0.169. The molecule has 0 saturated heterocycles. The van der Waals surface area contributed by atoms with Gasteiger partial charge in [-0.3, -0.25) is 4.79 Å². The topological polar surface area (TPSA) is 90.1 Å². The molecule has 5 rings (SSSR count). The third kappa shape index (κ3) is 4.16. The van der Waals surface area contributed by atoms with Crippen LogP contribution in [-0.2, 0) is 6.42 Å². The molecule has 1 amide bonds. The van der Waals surface area contributed by atoms with E-state index in [4.69, 9.17) is 4.74 Å². The van der Waals surface area contributed by atoms with E-state index in [1.807, 2.05) is 86.0 Å². The third-order valence-electron chi connectivity index (χ3n) is 6.13. The van der Waals surface area contributed by atoms with E-state index >= 15 is 0 Å². The fourth-order valence-corrected chi connectivity index (χ4v) is 4.48. The molecule has 34 heavy (non-hydrogen) atoms. The van der Waals surface area contributed by atoms with E-state index in [0.29, 0.717) is 24.3 Å². The summed E-state index contributed by atoms with van der Waals surface area (Å²) < 4.78 is 5.77. The fourth-order valence-electron chi connectivity index (χ4n) is 4.48. The second-order valence-corrected chi connectivity index (χ2v) is 8.31. The Morgan fingerprint density at radius 1 is 1.00 bits per heavy atom. The first-order chi connectivity index (χ1) is 16.7. The van der Waals surface area contributed by atoms with Crippen molar-refractivity contribution < 1.29 is 14.6 Å². The van der Waals surface area contributed by atoms with Gasteiger partial charge in [-0.1, -0.05) is 36.4 Å². The first-order valence-electron chi connectivity index (χ1n) is 11.5. The summed E-state index contributed by atoms with van der Waals surface area (Å²) in [6.07, 6.45) is 4.36. The lowest BCUT2D eigenvalue weighted by Crippen LogP contribution is -2.39. The largest absolute Gasteiger partial charge is 0.493 e. The molecule has 0 unspecified atom stereocenters. The Labute approximate surface area is 197 Å². The van der Waals surface area contributed by atoms with Crippen molar-refractivity contribution in [2.45, 2.75) is 19.4 Å². The number of amides is 1. The number of hydrogen-bond acceptors (Lipinski definition) is 3. The van der Waals surface area contributed by atoms with Crippen LogP contribution in [0.4, 0.5) is 0 Å². The first-order valence-corrected chi connectivity index (χ1v) is 11.5. The Kier molecular flexibility index (Phi) is 6.06. The molecule has 0 fully saturated rings. The lowest BCUT2D eigenvalue weighted by atomic mass is 9.98. The number of nitrogens with one attached hydrogen (secondary N) is 3. The summed E-state index contributed by atoms with van der Waals surface area (Å²) in [5, 5.41) is 15.2. The van der Waals surface area contributed by atoms with Crippen LogP contribution >= 0.6 is 0 Å². The smallest absolute Gasteiger partial charge is 0.255 e. The highest BCUT2D eigenvalue weighted by molar-refractivity contribution is 6.01. The molecule has 2 heterocycles. The van der Waals surface area contributed by atoms with Crippen LogP contribution < -0.4 is 10.1 Å². The summed E-state index contributed by atoms with van der Waals surface area (Å²) in [6, 6.07) is 21.3. The second-order valence-electron chi connectivity index (χ2n) is 8.31. The summed E-state index contributed by atoms with van der Waals surface area (Å²) in [5.41, 5.74) is 5.53. The number of ether oxygens (including phenoxy) is 1. The lowest BCUT2D eigenvalue weighted by Gasteiger charge is -2.18. The predicted molar refractivity (Wildman–Crippen MR) is 135 cm³/mol. The van der Waals surface area contributed by atoms with Crippen LogP contribution in [-0.4, -0.2) is 40.2 Å². The summed E-state index contributed by atoms with van der Waals surface area (Å²) >= 11 is 0. The van der Waals surface area contributed by atoms with Gasteiger partial charge in [-0.25, -0.2) is 0 Å². The van der Waals surface area contributed by atoms with Crippen LogP contribution in [0.2, 0.25) is 0 Å². The van der Waals surface area contributed by atoms with Crippen molar-refractivity contribution in [2.24, 2.45) is 0 Å². The number of para-hydroxylation sites is 1. The van der Waals surface area contributed by atoms with Gasteiger partial charge in [-0.15, -0.1) is 0 Å². The van der Waals surface area contributed by atoms with E-state index in [0.717, 1.165) is 38.5 Å². The number of carbonyl (C=O) groups excluding carboxylic acids is 1. The average Bonchev–Trinajstić information content (AvgIpc) is 3.51.